The van der Waals surface area contributed by atoms with Gasteiger partial charge in [-0.1, -0.05) is 52.0 Å². The molecule has 0 saturated carbocycles. The maximum Gasteiger partial charge on any atom is 0.164 e. The lowest BCUT2D eigenvalue weighted by molar-refractivity contribution is 0.409. The maximum absolute atomic E-state index is 6.15. The number of nitrogens with zero attached hydrogens (tertiary/aromatic N) is 3. The predicted octanol–water partition coefficient (Wildman–Crippen LogP) is 3.08. The monoisotopic (exact) mass is 284 g/mol. The first-order valence-corrected chi connectivity index (χ1v) is 7.66. The Bertz CT molecular complexity index is 634. The Morgan fingerprint density at radius 1 is 1.14 bits per heavy atom. The predicted molar refractivity (Wildman–Crippen MR) is 85.2 cm³/mol. The van der Waals surface area contributed by atoms with E-state index in [9.17, 15) is 0 Å². The van der Waals surface area contributed by atoms with E-state index in [1.807, 2.05) is 0 Å². The molecule has 0 spiro atoms. The van der Waals surface area contributed by atoms with Crippen LogP contribution in [0.1, 0.15) is 51.4 Å². The number of hydrogen-bond acceptors (Lipinski definition) is 3. The van der Waals surface area contributed by atoms with Crippen LogP contribution in [0.5, 0.6) is 0 Å². The molecule has 0 saturated heterocycles. The first-order valence-electron chi connectivity index (χ1n) is 7.66. The van der Waals surface area contributed by atoms with Crippen LogP contribution in [-0.4, -0.2) is 20.8 Å². The van der Waals surface area contributed by atoms with Gasteiger partial charge in [-0.25, -0.2) is 0 Å². The standard InChI is InChI=1S/C17H24N4/c1-11-9-14(18)10-21-15(11)19-20-16(21)12-5-7-13(8-6-12)17(2,3)4/h5-8,11,14H,9-10,18H2,1-4H3. The van der Waals surface area contributed by atoms with E-state index in [1.165, 1.54) is 5.56 Å². The summed E-state index contributed by atoms with van der Waals surface area (Å²) < 4.78 is 2.19. The van der Waals surface area contributed by atoms with E-state index in [0.717, 1.165) is 30.2 Å². The molecule has 21 heavy (non-hydrogen) atoms. The quantitative estimate of drug-likeness (QED) is 0.875. The van der Waals surface area contributed by atoms with Gasteiger partial charge >= 0.3 is 0 Å². The van der Waals surface area contributed by atoms with Crippen LogP contribution in [-0.2, 0) is 12.0 Å². The molecule has 2 unspecified atom stereocenters. The highest BCUT2D eigenvalue weighted by Crippen LogP contribution is 2.30. The lowest BCUT2D eigenvalue weighted by Crippen LogP contribution is -2.33. The van der Waals surface area contributed by atoms with Gasteiger partial charge in [0.25, 0.3) is 0 Å². The summed E-state index contributed by atoms with van der Waals surface area (Å²) in [6.07, 6.45) is 0.987. The van der Waals surface area contributed by atoms with Gasteiger partial charge in [0.2, 0.25) is 0 Å². The summed E-state index contributed by atoms with van der Waals surface area (Å²) in [4.78, 5) is 0. The Hall–Kier alpha value is -1.68. The zero-order valence-corrected chi connectivity index (χ0v) is 13.3. The van der Waals surface area contributed by atoms with Crippen LogP contribution in [0.25, 0.3) is 11.4 Å². The number of nitrogens with two attached hydrogens (primary N) is 1. The highest BCUT2D eigenvalue weighted by Gasteiger charge is 2.26. The van der Waals surface area contributed by atoms with Crippen molar-refractivity contribution in [3.8, 4) is 11.4 Å². The molecule has 0 radical (unpaired) electrons. The van der Waals surface area contributed by atoms with Crippen LogP contribution in [0.3, 0.4) is 0 Å². The number of hydrogen-bond donors (Lipinski definition) is 1. The van der Waals surface area contributed by atoms with E-state index >= 15 is 0 Å². The summed E-state index contributed by atoms with van der Waals surface area (Å²) in [7, 11) is 0. The van der Waals surface area contributed by atoms with Crippen molar-refractivity contribution in [2.24, 2.45) is 5.73 Å². The molecule has 2 N–H and O–H groups in total. The maximum atomic E-state index is 6.15. The summed E-state index contributed by atoms with van der Waals surface area (Å²) in [5.74, 6) is 2.38. The smallest absolute Gasteiger partial charge is 0.164 e. The van der Waals surface area contributed by atoms with E-state index in [-0.39, 0.29) is 11.5 Å². The number of fused-ring (bicyclic) bond motifs is 1. The molecular formula is C17H24N4. The van der Waals surface area contributed by atoms with Crippen molar-refractivity contribution in [1.29, 1.82) is 0 Å². The van der Waals surface area contributed by atoms with Crippen molar-refractivity contribution >= 4 is 0 Å². The van der Waals surface area contributed by atoms with Gasteiger partial charge < -0.3 is 10.3 Å². The van der Waals surface area contributed by atoms with Crippen LogP contribution in [0.4, 0.5) is 0 Å². The topological polar surface area (TPSA) is 56.7 Å². The van der Waals surface area contributed by atoms with Gasteiger partial charge in [0.15, 0.2) is 5.82 Å². The fourth-order valence-electron chi connectivity index (χ4n) is 3.06. The second-order valence-corrected chi connectivity index (χ2v) is 7.22. The molecule has 1 aromatic heterocycles. The summed E-state index contributed by atoms with van der Waals surface area (Å²) in [5, 5.41) is 8.78. The van der Waals surface area contributed by atoms with E-state index < -0.39 is 0 Å². The molecule has 0 fully saturated rings. The molecule has 0 bridgehead atoms. The van der Waals surface area contributed by atoms with Crippen LogP contribution in [0.2, 0.25) is 0 Å². The molecule has 4 nitrogen and oxygen atoms in total. The van der Waals surface area contributed by atoms with E-state index in [4.69, 9.17) is 5.73 Å². The molecule has 3 rings (SSSR count). The van der Waals surface area contributed by atoms with E-state index in [1.54, 1.807) is 0 Å². The second kappa shape index (κ2) is 4.95. The Morgan fingerprint density at radius 2 is 1.81 bits per heavy atom. The van der Waals surface area contributed by atoms with Gasteiger partial charge in [-0.3, -0.25) is 0 Å². The highest BCUT2D eigenvalue weighted by molar-refractivity contribution is 5.56. The van der Waals surface area contributed by atoms with E-state index in [0.29, 0.717) is 5.92 Å². The lowest BCUT2D eigenvalue weighted by Gasteiger charge is -2.26. The SMILES string of the molecule is CC1CC(N)Cn2c(-c3ccc(C(C)(C)C)cc3)nnc21. The Morgan fingerprint density at radius 3 is 2.43 bits per heavy atom. The van der Waals surface area contributed by atoms with Crippen molar-refractivity contribution in [1.82, 2.24) is 14.8 Å². The number of rotatable bonds is 1. The average Bonchev–Trinajstić information content (AvgIpc) is 2.82. The van der Waals surface area contributed by atoms with Crippen molar-refractivity contribution in [2.75, 3.05) is 0 Å². The largest absolute Gasteiger partial charge is 0.326 e. The van der Waals surface area contributed by atoms with Crippen LogP contribution in [0, 0.1) is 0 Å². The van der Waals surface area contributed by atoms with Crippen molar-refractivity contribution in [3.63, 3.8) is 0 Å². The minimum atomic E-state index is 0.166. The highest BCUT2D eigenvalue weighted by atomic mass is 15.3. The molecular weight excluding hydrogens is 260 g/mol. The molecule has 4 heteroatoms. The molecule has 1 aromatic carbocycles. The fraction of sp³-hybridized carbons (Fsp3) is 0.529. The first kappa shape index (κ1) is 14.3. The van der Waals surface area contributed by atoms with E-state index in [2.05, 4.69) is 66.7 Å². The third-order valence-electron chi connectivity index (χ3n) is 4.30. The normalized spacial score (nSPS) is 22.1. The Labute approximate surface area is 126 Å². The van der Waals surface area contributed by atoms with Gasteiger partial charge in [-0.15, -0.1) is 10.2 Å². The average molecular weight is 284 g/mol. The van der Waals surface area contributed by atoms with Gasteiger partial charge in [-0.05, 0) is 17.4 Å². The lowest BCUT2D eigenvalue weighted by atomic mass is 9.86. The molecule has 112 valence electrons. The molecule has 2 atom stereocenters. The molecule has 1 aliphatic heterocycles. The molecule has 2 heterocycles. The van der Waals surface area contributed by atoms with Gasteiger partial charge in [0.05, 0.1) is 0 Å². The minimum absolute atomic E-state index is 0.166. The van der Waals surface area contributed by atoms with Crippen LogP contribution >= 0.6 is 0 Å². The summed E-state index contributed by atoms with van der Waals surface area (Å²) >= 11 is 0. The Balaban J connectivity index is 1.99. The first-order chi connectivity index (χ1) is 9.86. The zero-order chi connectivity index (χ0) is 15.2. The molecule has 0 aliphatic carbocycles. The number of benzene rings is 1. The summed E-state index contributed by atoms with van der Waals surface area (Å²) in [6, 6.07) is 8.84. The Kier molecular flexibility index (Phi) is 3.36. The van der Waals surface area contributed by atoms with Crippen molar-refractivity contribution < 1.29 is 0 Å². The minimum Gasteiger partial charge on any atom is -0.326 e. The van der Waals surface area contributed by atoms with Gasteiger partial charge in [0, 0.05) is 24.1 Å². The number of aromatic nitrogens is 3. The molecule has 1 aliphatic rings. The van der Waals surface area contributed by atoms with Crippen molar-refractivity contribution in [3.05, 3.63) is 35.7 Å². The van der Waals surface area contributed by atoms with Crippen LogP contribution in [0.15, 0.2) is 24.3 Å². The third-order valence-corrected chi connectivity index (χ3v) is 4.30. The summed E-state index contributed by atoms with van der Waals surface area (Å²) in [6.45, 7) is 9.65. The summed E-state index contributed by atoms with van der Waals surface area (Å²) in [5.41, 5.74) is 8.76. The van der Waals surface area contributed by atoms with Crippen LogP contribution < -0.4 is 5.73 Å². The second-order valence-electron chi connectivity index (χ2n) is 7.22. The third kappa shape index (κ3) is 2.60. The van der Waals surface area contributed by atoms with Gasteiger partial charge in [0.1, 0.15) is 5.82 Å². The molecule has 2 aromatic rings. The zero-order valence-electron chi connectivity index (χ0n) is 13.3. The fourth-order valence-corrected chi connectivity index (χ4v) is 3.06. The van der Waals surface area contributed by atoms with Crippen molar-refractivity contribution in [2.45, 2.75) is 58.0 Å². The molecule has 0 amide bonds. The van der Waals surface area contributed by atoms with Gasteiger partial charge in [-0.2, -0.15) is 0 Å².